The molecule has 1 aromatic heterocycles. The number of hydrogen-bond donors (Lipinski definition) is 1. The van der Waals surface area contributed by atoms with Crippen LogP contribution < -0.4 is 10.9 Å². The zero-order valence-electron chi connectivity index (χ0n) is 11.9. The molecule has 1 fully saturated rings. The summed E-state index contributed by atoms with van der Waals surface area (Å²) in [6.45, 7) is 11.5. The van der Waals surface area contributed by atoms with Crippen LogP contribution in [0, 0.1) is 0 Å². The largest absolute Gasteiger partial charge is 0.500 e. The van der Waals surface area contributed by atoms with Gasteiger partial charge in [0, 0.05) is 23.4 Å². The average Bonchev–Trinajstić information content (AvgIpc) is 2.51. The van der Waals surface area contributed by atoms with Gasteiger partial charge in [0.15, 0.2) is 5.43 Å². The molecule has 0 saturated carbocycles. The third kappa shape index (κ3) is 2.40. The maximum Gasteiger partial charge on any atom is 0.500 e. The molecule has 1 aliphatic heterocycles. The van der Waals surface area contributed by atoms with E-state index >= 15 is 0 Å². The van der Waals surface area contributed by atoms with Crippen LogP contribution in [-0.4, -0.2) is 23.3 Å². The van der Waals surface area contributed by atoms with Gasteiger partial charge in [-0.3, -0.25) is 4.79 Å². The number of rotatable bonds is 3. The van der Waals surface area contributed by atoms with Gasteiger partial charge >= 0.3 is 7.12 Å². The number of H-pyrrole nitrogens is 1. The zero-order valence-corrected chi connectivity index (χ0v) is 11.9. The maximum absolute atomic E-state index is 12.3. The first-order valence-electron chi connectivity index (χ1n) is 6.45. The van der Waals surface area contributed by atoms with Crippen molar-refractivity contribution in [2.24, 2.45) is 0 Å². The summed E-state index contributed by atoms with van der Waals surface area (Å²) in [7, 11) is -0.626. The summed E-state index contributed by atoms with van der Waals surface area (Å²) in [5.74, 6) is 0. The summed E-state index contributed by atoms with van der Waals surface area (Å²) < 4.78 is 11.8. The first-order valence-corrected chi connectivity index (χ1v) is 6.45. The van der Waals surface area contributed by atoms with Gasteiger partial charge in [-0.25, -0.2) is 0 Å². The minimum absolute atomic E-state index is 0.0443. The summed E-state index contributed by atoms with van der Waals surface area (Å²) in [6, 6.07) is 0. The molecule has 0 aliphatic carbocycles. The third-order valence-corrected chi connectivity index (χ3v) is 3.92. The van der Waals surface area contributed by atoms with E-state index in [9.17, 15) is 4.79 Å². The maximum atomic E-state index is 12.3. The summed E-state index contributed by atoms with van der Waals surface area (Å²) in [6.07, 6.45) is 5.58. The molecule has 19 heavy (non-hydrogen) atoms. The molecule has 1 aromatic rings. The molecule has 4 nitrogen and oxygen atoms in total. The Morgan fingerprint density at radius 2 is 1.84 bits per heavy atom. The van der Waals surface area contributed by atoms with Crippen molar-refractivity contribution >= 4 is 12.6 Å². The standard InChI is InChI=1S/C14H20BNO3/c1-6-7-10-8-16-9-11(12(10)17)15-18-13(2,3)14(4,5)19-15/h6,8-9H,1,7H2,2-5H3,(H,16,17). The SMILES string of the molecule is C=CCc1c[nH]cc(B2OC(C)(C)C(C)(C)O2)c1=O. The van der Waals surface area contributed by atoms with Gasteiger partial charge in [0.25, 0.3) is 0 Å². The zero-order chi connectivity index (χ0) is 14.3. The number of nitrogens with one attached hydrogen (secondary N) is 1. The van der Waals surface area contributed by atoms with Crippen molar-refractivity contribution < 1.29 is 9.31 Å². The summed E-state index contributed by atoms with van der Waals surface area (Å²) in [5.41, 5.74) is 0.245. The quantitative estimate of drug-likeness (QED) is 0.661. The van der Waals surface area contributed by atoms with Crippen molar-refractivity contribution in [1.29, 1.82) is 0 Å². The fourth-order valence-electron chi connectivity index (χ4n) is 2.00. The molecule has 5 heteroatoms. The molecular formula is C14H20BNO3. The van der Waals surface area contributed by atoms with E-state index in [1.165, 1.54) is 0 Å². The summed E-state index contributed by atoms with van der Waals surface area (Å²) in [5, 5.41) is 0. The molecule has 2 rings (SSSR count). The van der Waals surface area contributed by atoms with E-state index in [0.717, 1.165) is 0 Å². The van der Waals surface area contributed by atoms with Gasteiger partial charge in [-0.05, 0) is 34.1 Å². The van der Waals surface area contributed by atoms with E-state index < -0.39 is 18.3 Å². The number of allylic oxidation sites excluding steroid dienone is 1. The number of aromatic amines is 1. The lowest BCUT2D eigenvalue weighted by molar-refractivity contribution is 0.00578. The van der Waals surface area contributed by atoms with Crippen LogP contribution in [-0.2, 0) is 15.7 Å². The smallest absolute Gasteiger partial charge is 0.399 e. The van der Waals surface area contributed by atoms with Crippen molar-refractivity contribution in [2.75, 3.05) is 0 Å². The second-order valence-corrected chi connectivity index (χ2v) is 5.85. The van der Waals surface area contributed by atoms with Gasteiger partial charge in [0.2, 0.25) is 0 Å². The van der Waals surface area contributed by atoms with Crippen molar-refractivity contribution in [3.63, 3.8) is 0 Å². The van der Waals surface area contributed by atoms with Gasteiger partial charge in [0.1, 0.15) is 0 Å². The second-order valence-electron chi connectivity index (χ2n) is 5.85. The highest BCUT2D eigenvalue weighted by Gasteiger charge is 2.52. The third-order valence-electron chi connectivity index (χ3n) is 3.92. The summed E-state index contributed by atoms with van der Waals surface area (Å²) >= 11 is 0. The van der Waals surface area contributed by atoms with Crippen molar-refractivity contribution in [3.8, 4) is 0 Å². The predicted octanol–water partition coefficient (Wildman–Crippen LogP) is 1.40. The first kappa shape index (κ1) is 14.1. The topological polar surface area (TPSA) is 51.3 Å². The molecule has 0 unspecified atom stereocenters. The molecular weight excluding hydrogens is 241 g/mol. The predicted molar refractivity (Wildman–Crippen MR) is 76.7 cm³/mol. The van der Waals surface area contributed by atoms with Gasteiger partial charge in [-0.15, -0.1) is 6.58 Å². The van der Waals surface area contributed by atoms with Gasteiger partial charge in [-0.1, -0.05) is 6.08 Å². The van der Waals surface area contributed by atoms with Gasteiger partial charge < -0.3 is 14.3 Å². The fourth-order valence-corrected chi connectivity index (χ4v) is 2.00. The number of pyridine rings is 1. The highest BCUT2D eigenvalue weighted by atomic mass is 16.7. The summed E-state index contributed by atoms with van der Waals surface area (Å²) in [4.78, 5) is 15.3. The van der Waals surface area contributed by atoms with Crippen molar-refractivity contribution in [3.05, 3.63) is 40.8 Å². The lowest BCUT2D eigenvalue weighted by Crippen LogP contribution is -2.45. The fraction of sp³-hybridized carbons (Fsp3) is 0.500. The Bertz CT molecular complexity index is 532. The lowest BCUT2D eigenvalue weighted by Gasteiger charge is -2.32. The van der Waals surface area contributed by atoms with Crippen LogP contribution in [0.15, 0.2) is 29.8 Å². The van der Waals surface area contributed by atoms with E-state index in [0.29, 0.717) is 17.4 Å². The van der Waals surface area contributed by atoms with Crippen LogP contribution in [0.2, 0.25) is 0 Å². The minimum atomic E-state index is -0.626. The number of hydrogen-bond acceptors (Lipinski definition) is 3. The van der Waals surface area contributed by atoms with Crippen molar-refractivity contribution in [1.82, 2.24) is 4.98 Å². The monoisotopic (exact) mass is 261 g/mol. The Kier molecular flexibility index (Phi) is 3.45. The molecule has 0 radical (unpaired) electrons. The Morgan fingerprint density at radius 3 is 2.37 bits per heavy atom. The van der Waals surface area contributed by atoms with E-state index in [1.807, 2.05) is 27.7 Å². The molecule has 0 spiro atoms. The van der Waals surface area contributed by atoms with Crippen LogP contribution in [0.3, 0.4) is 0 Å². The van der Waals surface area contributed by atoms with Crippen LogP contribution >= 0.6 is 0 Å². The molecule has 2 heterocycles. The van der Waals surface area contributed by atoms with Gasteiger partial charge in [-0.2, -0.15) is 0 Å². The molecule has 0 aromatic carbocycles. The van der Waals surface area contributed by atoms with Crippen LogP contribution in [0.25, 0.3) is 0 Å². The first-order chi connectivity index (χ1) is 8.78. The second kappa shape index (κ2) is 4.65. The minimum Gasteiger partial charge on any atom is -0.399 e. The molecule has 1 N–H and O–H groups in total. The van der Waals surface area contributed by atoms with E-state index in [-0.39, 0.29) is 5.43 Å². The Morgan fingerprint density at radius 1 is 1.26 bits per heavy atom. The average molecular weight is 261 g/mol. The van der Waals surface area contributed by atoms with Crippen LogP contribution in [0.5, 0.6) is 0 Å². The van der Waals surface area contributed by atoms with Crippen molar-refractivity contribution in [2.45, 2.75) is 45.3 Å². The van der Waals surface area contributed by atoms with Crippen LogP contribution in [0.4, 0.5) is 0 Å². The van der Waals surface area contributed by atoms with Gasteiger partial charge in [0.05, 0.1) is 11.2 Å². The molecule has 102 valence electrons. The molecule has 1 saturated heterocycles. The Balaban J connectivity index is 2.37. The van der Waals surface area contributed by atoms with E-state index in [4.69, 9.17) is 9.31 Å². The van der Waals surface area contributed by atoms with Crippen LogP contribution in [0.1, 0.15) is 33.3 Å². The van der Waals surface area contributed by atoms with E-state index in [2.05, 4.69) is 11.6 Å². The van der Waals surface area contributed by atoms with E-state index in [1.54, 1.807) is 18.5 Å². The molecule has 0 bridgehead atoms. The molecule has 0 atom stereocenters. The highest BCUT2D eigenvalue weighted by Crippen LogP contribution is 2.36. The number of aromatic nitrogens is 1. The lowest BCUT2D eigenvalue weighted by atomic mass is 9.79. The molecule has 1 aliphatic rings. The Hall–Kier alpha value is -1.33. The Labute approximate surface area is 114 Å². The molecule has 0 amide bonds. The normalized spacial score (nSPS) is 20.5. The highest BCUT2D eigenvalue weighted by molar-refractivity contribution is 6.61.